The molecule has 1 aromatic heterocycles. The number of hydrogen-bond acceptors (Lipinski definition) is 4. The molecule has 0 bridgehead atoms. The summed E-state index contributed by atoms with van der Waals surface area (Å²) < 4.78 is 10.6. The lowest BCUT2D eigenvalue weighted by Crippen LogP contribution is -2.04. The first kappa shape index (κ1) is 11.5. The highest BCUT2D eigenvalue weighted by Gasteiger charge is 2.08. The fourth-order valence-corrected chi connectivity index (χ4v) is 2.01. The van der Waals surface area contributed by atoms with Gasteiger partial charge in [0.2, 0.25) is 5.43 Å². The lowest BCUT2D eigenvalue weighted by atomic mass is 10.1. The number of rotatable bonds is 1. The number of hydrogen-bond donors (Lipinski definition) is 0. The number of carbonyl (C=O) groups is 1. The molecule has 2 aromatic carbocycles. The van der Waals surface area contributed by atoms with E-state index in [0.29, 0.717) is 27.7 Å². The molecule has 4 heteroatoms. The highest BCUT2D eigenvalue weighted by molar-refractivity contribution is 5.90. The van der Waals surface area contributed by atoms with Crippen LogP contribution in [0.5, 0.6) is 5.75 Å². The number of benzene rings is 2. The molecule has 0 spiro atoms. The van der Waals surface area contributed by atoms with Crippen molar-refractivity contribution in [2.24, 2.45) is 0 Å². The monoisotopic (exact) mass is 254 g/mol. The van der Waals surface area contributed by atoms with E-state index in [1.807, 2.05) is 0 Å². The molecule has 0 saturated carbocycles. The third-order valence-corrected chi connectivity index (χ3v) is 2.81. The fraction of sp³-hybridized carbons (Fsp3) is 0.0667. The summed E-state index contributed by atoms with van der Waals surface area (Å²) in [7, 11) is 0. The van der Waals surface area contributed by atoms with Crippen LogP contribution in [-0.2, 0) is 4.79 Å². The first-order valence-corrected chi connectivity index (χ1v) is 5.79. The maximum atomic E-state index is 12.3. The molecule has 0 aliphatic rings. The predicted molar refractivity (Wildman–Crippen MR) is 71.3 cm³/mol. The normalized spacial score (nSPS) is 10.8. The van der Waals surface area contributed by atoms with Gasteiger partial charge < -0.3 is 9.15 Å². The summed E-state index contributed by atoms with van der Waals surface area (Å²) in [6.07, 6.45) is 0. The zero-order chi connectivity index (χ0) is 13.4. The van der Waals surface area contributed by atoms with Gasteiger partial charge in [0.25, 0.3) is 0 Å². The van der Waals surface area contributed by atoms with Crippen LogP contribution in [0.25, 0.3) is 21.9 Å². The van der Waals surface area contributed by atoms with Gasteiger partial charge in [-0.05, 0) is 24.3 Å². The van der Waals surface area contributed by atoms with Crippen LogP contribution in [0.4, 0.5) is 0 Å². The largest absolute Gasteiger partial charge is 0.456 e. The summed E-state index contributed by atoms with van der Waals surface area (Å²) in [4.78, 5) is 23.2. The molecular weight excluding hydrogens is 244 g/mol. The van der Waals surface area contributed by atoms with Gasteiger partial charge in [0.15, 0.2) is 0 Å². The third kappa shape index (κ3) is 1.97. The van der Waals surface area contributed by atoms with E-state index in [-0.39, 0.29) is 5.43 Å². The summed E-state index contributed by atoms with van der Waals surface area (Å²) in [5.41, 5.74) is 0.827. The fourth-order valence-electron chi connectivity index (χ4n) is 2.01. The first-order chi connectivity index (χ1) is 9.15. The van der Waals surface area contributed by atoms with Crippen LogP contribution in [0.1, 0.15) is 6.92 Å². The minimum Gasteiger partial charge on any atom is -0.456 e. The summed E-state index contributed by atoms with van der Waals surface area (Å²) in [6, 6.07) is 11.8. The Hall–Kier alpha value is -2.62. The number of carbonyl (C=O) groups excluding carboxylic acids is 1. The molecule has 19 heavy (non-hydrogen) atoms. The Bertz CT molecular complexity index is 846. The molecule has 0 unspecified atom stereocenters. The third-order valence-electron chi connectivity index (χ3n) is 2.81. The van der Waals surface area contributed by atoms with Crippen molar-refractivity contribution in [1.29, 1.82) is 0 Å². The van der Waals surface area contributed by atoms with Gasteiger partial charge in [-0.1, -0.05) is 12.1 Å². The quantitative estimate of drug-likeness (QED) is 0.380. The number of esters is 1. The van der Waals surface area contributed by atoms with E-state index in [4.69, 9.17) is 9.15 Å². The molecule has 3 rings (SSSR count). The Morgan fingerprint density at radius 3 is 2.58 bits per heavy atom. The molecule has 0 radical (unpaired) electrons. The molecule has 1 heterocycles. The van der Waals surface area contributed by atoms with Crippen molar-refractivity contribution < 1.29 is 13.9 Å². The van der Waals surface area contributed by atoms with E-state index in [1.54, 1.807) is 42.5 Å². The van der Waals surface area contributed by atoms with Crippen molar-refractivity contribution in [3.63, 3.8) is 0 Å². The van der Waals surface area contributed by atoms with Crippen LogP contribution >= 0.6 is 0 Å². The van der Waals surface area contributed by atoms with Gasteiger partial charge in [0.05, 0.1) is 10.8 Å². The van der Waals surface area contributed by atoms with Crippen LogP contribution in [-0.4, -0.2) is 5.97 Å². The lowest BCUT2D eigenvalue weighted by molar-refractivity contribution is -0.131. The molecule has 0 fully saturated rings. The van der Waals surface area contributed by atoms with Gasteiger partial charge in [0, 0.05) is 13.0 Å². The van der Waals surface area contributed by atoms with Crippen LogP contribution in [0, 0.1) is 0 Å². The van der Waals surface area contributed by atoms with Crippen LogP contribution < -0.4 is 10.2 Å². The van der Waals surface area contributed by atoms with Crippen molar-refractivity contribution in [2.75, 3.05) is 0 Å². The number of ether oxygens (including phenoxy) is 1. The summed E-state index contributed by atoms with van der Waals surface area (Å²) >= 11 is 0. The molecule has 0 aliphatic heterocycles. The van der Waals surface area contributed by atoms with E-state index in [0.717, 1.165) is 0 Å². The van der Waals surface area contributed by atoms with Gasteiger partial charge in [-0.2, -0.15) is 0 Å². The van der Waals surface area contributed by atoms with Crippen molar-refractivity contribution >= 4 is 27.9 Å². The van der Waals surface area contributed by atoms with Crippen molar-refractivity contribution in [3.05, 3.63) is 52.7 Å². The molecular formula is C15H10O4. The average molecular weight is 254 g/mol. The molecule has 0 atom stereocenters. The second-order valence-corrected chi connectivity index (χ2v) is 4.18. The van der Waals surface area contributed by atoms with Gasteiger partial charge in [-0.25, -0.2) is 0 Å². The van der Waals surface area contributed by atoms with Gasteiger partial charge >= 0.3 is 5.97 Å². The summed E-state index contributed by atoms with van der Waals surface area (Å²) in [5, 5.41) is 1.00. The zero-order valence-corrected chi connectivity index (χ0v) is 10.2. The van der Waals surface area contributed by atoms with Gasteiger partial charge in [-0.15, -0.1) is 0 Å². The molecule has 0 saturated heterocycles. The minimum absolute atomic E-state index is 0.0915. The maximum absolute atomic E-state index is 12.3. The summed E-state index contributed by atoms with van der Waals surface area (Å²) in [5.74, 6) is -0.0547. The maximum Gasteiger partial charge on any atom is 0.308 e. The van der Waals surface area contributed by atoms with Crippen molar-refractivity contribution in [2.45, 2.75) is 6.92 Å². The van der Waals surface area contributed by atoms with Gasteiger partial charge in [-0.3, -0.25) is 9.59 Å². The van der Waals surface area contributed by atoms with E-state index in [2.05, 4.69) is 0 Å². The van der Waals surface area contributed by atoms with E-state index >= 15 is 0 Å². The Kier molecular flexibility index (Phi) is 2.56. The lowest BCUT2D eigenvalue weighted by Gasteiger charge is -2.04. The van der Waals surface area contributed by atoms with Crippen LogP contribution in [0.15, 0.2) is 51.7 Å². The Balaban J connectivity index is 2.32. The van der Waals surface area contributed by atoms with E-state index in [1.165, 1.54) is 6.92 Å². The minimum atomic E-state index is -0.414. The Morgan fingerprint density at radius 2 is 1.79 bits per heavy atom. The predicted octanol–water partition coefficient (Wildman–Crippen LogP) is 2.87. The Morgan fingerprint density at radius 1 is 1.05 bits per heavy atom. The standard InChI is InChI=1S/C15H10O4/c1-9(16)18-10-6-7-12-14(8-10)19-13-5-3-2-4-11(13)15(12)17/h2-8H,1H3. The van der Waals surface area contributed by atoms with E-state index < -0.39 is 5.97 Å². The van der Waals surface area contributed by atoms with Crippen LogP contribution in [0.2, 0.25) is 0 Å². The van der Waals surface area contributed by atoms with Crippen molar-refractivity contribution in [1.82, 2.24) is 0 Å². The average Bonchev–Trinajstić information content (AvgIpc) is 2.38. The van der Waals surface area contributed by atoms with Gasteiger partial charge in [0.1, 0.15) is 16.9 Å². The Labute approximate surface area is 108 Å². The van der Waals surface area contributed by atoms with E-state index in [9.17, 15) is 9.59 Å². The zero-order valence-electron chi connectivity index (χ0n) is 10.2. The highest BCUT2D eigenvalue weighted by Crippen LogP contribution is 2.22. The van der Waals surface area contributed by atoms with Crippen molar-refractivity contribution in [3.8, 4) is 5.75 Å². The first-order valence-electron chi connectivity index (χ1n) is 5.79. The topological polar surface area (TPSA) is 56.5 Å². The summed E-state index contributed by atoms with van der Waals surface area (Å²) in [6.45, 7) is 1.32. The molecule has 0 amide bonds. The number of fused-ring (bicyclic) bond motifs is 2. The molecule has 94 valence electrons. The van der Waals surface area contributed by atoms with Crippen LogP contribution in [0.3, 0.4) is 0 Å². The SMILES string of the molecule is CC(=O)Oc1ccc2c(=O)c3ccccc3oc2c1. The smallest absolute Gasteiger partial charge is 0.308 e. The molecule has 4 nitrogen and oxygen atoms in total. The molecule has 0 aliphatic carbocycles. The molecule has 3 aromatic rings. The number of para-hydroxylation sites is 1. The molecule has 0 N–H and O–H groups in total. The second kappa shape index (κ2) is 4.24. The second-order valence-electron chi connectivity index (χ2n) is 4.18. The highest BCUT2D eigenvalue weighted by atomic mass is 16.5.